The van der Waals surface area contributed by atoms with Crippen molar-refractivity contribution < 1.29 is 0 Å². The molecule has 1 aliphatic rings. The Morgan fingerprint density at radius 3 is 2.11 bits per heavy atom. The van der Waals surface area contributed by atoms with Gasteiger partial charge in [-0.2, -0.15) is 0 Å². The second-order valence-corrected chi connectivity index (χ2v) is 4.96. The van der Waals surface area contributed by atoms with Crippen LogP contribution in [0.4, 0.5) is 0 Å². The molecule has 0 bridgehead atoms. The van der Waals surface area contributed by atoms with E-state index < -0.39 is 0 Å². The summed E-state index contributed by atoms with van der Waals surface area (Å²) in [5.41, 5.74) is 5.56. The fourth-order valence-corrected chi connectivity index (χ4v) is 1.83. The molecule has 0 amide bonds. The Bertz CT molecular complexity index is 391. The molecule has 0 unspecified atom stereocenters. The molecule has 0 saturated carbocycles. The SMILES string of the molecule is C=CC1=C(C)Cc2ccccc21.CC.CC(C)C. The molecule has 1 aliphatic carbocycles. The lowest BCUT2D eigenvalue weighted by Gasteiger charge is -1.98. The average molecular weight is 244 g/mol. The molecule has 0 saturated heterocycles. The summed E-state index contributed by atoms with van der Waals surface area (Å²) in [4.78, 5) is 0. The van der Waals surface area contributed by atoms with Gasteiger partial charge in [0.15, 0.2) is 0 Å². The minimum absolute atomic E-state index is 0.833. The lowest BCUT2D eigenvalue weighted by atomic mass is 10.1. The van der Waals surface area contributed by atoms with Gasteiger partial charge in [0.1, 0.15) is 0 Å². The van der Waals surface area contributed by atoms with Crippen molar-refractivity contribution >= 4 is 5.57 Å². The lowest BCUT2D eigenvalue weighted by Crippen LogP contribution is -1.80. The third-order valence-electron chi connectivity index (χ3n) is 2.43. The first-order chi connectivity index (χ1) is 8.56. The van der Waals surface area contributed by atoms with Crippen molar-refractivity contribution in [3.8, 4) is 0 Å². The van der Waals surface area contributed by atoms with E-state index in [0.717, 1.165) is 12.3 Å². The number of fused-ring (bicyclic) bond motifs is 1. The number of benzene rings is 1. The molecule has 1 aromatic rings. The van der Waals surface area contributed by atoms with Gasteiger partial charge in [0.25, 0.3) is 0 Å². The first-order valence-electron chi connectivity index (χ1n) is 6.96. The van der Waals surface area contributed by atoms with Gasteiger partial charge in [-0.15, -0.1) is 0 Å². The molecule has 0 atom stereocenters. The predicted molar refractivity (Wildman–Crippen MR) is 84.8 cm³/mol. The zero-order chi connectivity index (χ0) is 14.1. The summed E-state index contributed by atoms with van der Waals surface area (Å²) in [6.07, 6.45) is 3.05. The predicted octanol–water partition coefficient (Wildman–Crippen LogP) is 5.89. The van der Waals surface area contributed by atoms with Crippen LogP contribution in [0.3, 0.4) is 0 Å². The summed E-state index contributed by atoms with van der Waals surface area (Å²) in [6, 6.07) is 8.54. The zero-order valence-electron chi connectivity index (χ0n) is 12.9. The van der Waals surface area contributed by atoms with Crippen LogP contribution in [-0.4, -0.2) is 0 Å². The molecule has 0 spiro atoms. The molecule has 1 aromatic carbocycles. The van der Waals surface area contributed by atoms with E-state index in [-0.39, 0.29) is 0 Å². The van der Waals surface area contributed by atoms with E-state index >= 15 is 0 Å². The molecular weight excluding hydrogens is 216 g/mol. The van der Waals surface area contributed by atoms with Crippen LogP contribution in [0.25, 0.3) is 5.57 Å². The van der Waals surface area contributed by atoms with Gasteiger partial charge >= 0.3 is 0 Å². The number of hydrogen-bond acceptors (Lipinski definition) is 0. The van der Waals surface area contributed by atoms with Crippen LogP contribution in [-0.2, 0) is 6.42 Å². The van der Waals surface area contributed by atoms with Crippen LogP contribution in [0.2, 0.25) is 0 Å². The van der Waals surface area contributed by atoms with E-state index in [0.29, 0.717) is 0 Å². The fraction of sp³-hybridized carbons (Fsp3) is 0.444. The van der Waals surface area contributed by atoms with Gasteiger partial charge in [0.05, 0.1) is 0 Å². The number of hydrogen-bond donors (Lipinski definition) is 0. The molecule has 2 rings (SSSR count). The van der Waals surface area contributed by atoms with Crippen LogP contribution in [0, 0.1) is 5.92 Å². The summed E-state index contributed by atoms with van der Waals surface area (Å²) in [5.74, 6) is 0.833. The van der Waals surface area contributed by atoms with Crippen LogP contribution >= 0.6 is 0 Å². The molecule has 0 heterocycles. The van der Waals surface area contributed by atoms with E-state index in [1.807, 2.05) is 19.9 Å². The number of allylic oxidation sites excluding steroid dienone is 3. The maximum Gasteiger partial charge on any atom is -0.00545 e. The molecule has 0 nitrogen and oxygen atoms in total. The van der Waals surface area contributed by atoms with E-state index in [1.165, 1.54) is 22.3 Å². The summed E-state index contributed by atoms with van der Waals surface area (Å²) in [7, 11) is 0. The van der Waals surface area contributed by atoms with Crippen molar-refractivity contribution in [1.82, 2.24) is 0 Å². The van der Waals surface area contributed by atoms with Gasteiger partial charge in [-0.1, -0.05) is 77.1 Å². The highest BCUT2D eigenvalue weighted by Gasteiger charge is 2.14. The molecule has 100 valence electrons. The van der Waals surface area contributed by atoms with Gasteiger partial charge in [-0.05, 0) is 36.0 Å². The molecule has 0 heteroatoms. The largest absolute Gasteiger partial charge is 0.0984 e. The first kappa shape index (κ1) is 16.7. The Labute approximate surface area is 113 Å². The average Bonchev–Trinajstić information content (AvgIpc) is 2.66. The smallest absolute Gasteiger partial charge is 0.00545 e. The standard InChI is InChI=1S/C12H12.C4H10.C2H6/c1-3-11-9(2)8-10-6-4-5-7-12(10)11;1-4(2)3;1-2/h3-7H,1,8H2,2H3;4H,1-3H3;1-2H3. The Kier molecular flexibility index (Phi) is 8.11. The first-order valence-corrected chi connectivity index (χ1v) is 6.96. The monoisotopic (exact) mass is 244 g/mol. The highest BCUT2D eigenvalue weighted by molar-refractivity contribution is 5.82. The molecule has 0 aromatic heterocycles. The zero-order valence-corrected chi connectivity index (χ0v) is 12.9. The molecular formula is C18H28. The topological polar surface area (TPSA) is 0 Å². The quantitative estimate of drug-likeness (QED) is 0.577. The minimum atomic E-state index is 0.833. The van der Waals surface area contributed by atoms with Gasteiger partial charge in [0.2, 0.25) is 0 Å². The maximum atomic E-state index is 3.83. The van der Waals surface area contributed by atoms with Crippen LogP contribution in [0.15, 0.2) is 42.5 Å². The van der Waals surface area contributed by atoms with E-state index in [1.54, 1.807) is 0 Å². The molecule has 0 aliphatic heterocycles. The molecule has 0 radical (unpaired) electrons. The van der Waals surface area contributed by atoms with Crippen molar-refractivity contribution in [2.24, 2.45) is 5.92 Å². The maximum absolute atomic E-state index is 3.83. The van der Waals surface area contributed by atoms with E-state index in [9.17, 15) is 0 Å². The van der Waals surface area contributed by atoms with Crippen molar-refractivity contribution in [2.75, 3.05) is 0 Å². The Morgan fingerprint density at radius 2 is 1.61 bits per heavy atom. The minimum Gasteiger partial charge on any atom is -0.0984 e. The molecule has 18 heavy (non-hydrogen) atoms. The third-order valence-corrected chi connectivity index (χ3v) is 2.43. The van der Waals surface area contributed by atoms with Crippen LogP contribution < -0.4 is 0 Å². The van der Waals surface area contributed by atoms with Crippen LogP contribution in [0.5, 0.6) is 0 Å². The number of rotatable bonds is 1. The van der Waals surface area contributed by atoms with E-state index in [2.05, 4.69) is 58.5 Å². The van der Waals surface area contributed by atoms with Crippen molar-refractivity contribution in [1.29, 1.82) is 0 Å². The van der Waals surface area contributed by atoms with E-state index in [4.69, 9.17) is 0 Å². The third kappa shape index (κ3) is 4.91. The Balaban J connectivity index is 0.000000415. The normalized spacial score (nSPS) is 12.2. The Hall–Kier alpha value is -1.30. The van der Waals surface area contributed by atoms with Crippen molar-refractivity contribution in [3.05, 3.63) is 53.6 Å². The summed E-state index contributed by atoms with van der Waals surface area (Å²) >= 11 is 0. The summed E-state index contributed by atoms with van der Waals surface area (Å²) in [5, 5.41) is 0. The van der Waals surface area contributed by atoms with Gasteiger partial charge in [0, 0.05) is 0 Å². The summed E-state index contributed by atoms with van der Waals surface area (Å²) < 4.78 is 0. The highest BCUT2D eigenvalue weighted by atomic mass is 14.2. The summed E-state index contributed by atoms with van der Waals surface area (Å²) in [6.45, 7) is 16.5. The van der Waals surface area contributed by atoms with Crippen molar-refractivity contribution in [3.63, 3.8) is 0 Å². The molecule has 0 fully saturated rings. The van der Waals surface area contributed by atoms with Crippen molar-refractivity contribution in [2.45, 2.75) is 48.0 Å². The van der Waals surface area contributed by atoms with Gasteiger partial charge in [-0.3, -0.25) is 0 Å². The second-order valence-electron chi connectivity index (χ2n) is 4.96. The van der Waals surface area contributed by atoms with Crippen LogP contribution in [0.1, 0.15) is 52.7 Å². The lowest BCUT2D eigenvalue weighted by molar-refractivity contribution is 0.737. The molecule has 0 N–H and O–H groups in total. The Morgan fingerprint density at radius 1 is 1.11 bits per heavy atom. The van der Waals surface area contributed by atoms with Gasteiger partial charge < -0.3 is 0 Å². The fourth-order valence-electron chi connectivity index (χ4n) is 1.83. The van der Waals surface area contributed by atoms with Gasteiger partial charge in [-0.25, -0.2) is 0 Å². The highest BCUT2D eigenvalue weighted by Crippen LogP contribution is 2.32. The second kappa shape index (κ2) is 8.74.